The van der Waals surface area contributed by atoms with Gasteiger partial charge in [0.15, 0.2) is 0 Å². The van der Waals surface area contributed by atoms with E-state index in [-0.39, 0.29) is 5.92 Å². The molecule has 25 heavy (non-hydrogen) atoms. The molecule has 2 fully saturated rings. The maximum atomic E-state index is 12.9. The Bertz CT molecular complexity index is 615. The van der Waals surface area contributed by atoms with Crippen LogP contribution in [-0.2, 0) is 9.53 Å². The second kappa shape index (κ2) is 7.34. The molecule has 136 valence electrons. The van der Waals surface area contributed by atoms with Crippen LogP contribution >= 0.6 is 0 Å². The quantitative estimate of drug-likeness (QED) is 0.842. The molecule has 5 nitrogen and oxygen atoms in total. The number of hydrogen-bond donors (Lipinski definition) is 0. The minimum atomic E-state index is 0.287. The molecule has 0 aliphatic carbocycles. The fraction of sp³-hybridized carbons (Fsp3) is 0.650. The Morgan fingerprint density at radius 1 is 1.16 bits per heavy atom. The highest BCUT2D eigenvalue weighted by atomic mass is 16.5. The first kappa shape index (κ1) is 16.9. The van der Waals surface area contributed by atoms with Gasteiger partial charge in [-0.2, -0.15) is 0 Å². The molecule has 3 atom stereocenters. The predicted octanol–water partition coefficient (Wildman–Crippen LogP) is 2.12. The standard InChI is InChI=1S/C20H28N2O3/c1-15-13-22(14-18(15)21-7-10-24-11-8-21)20(23)12-16-6-9-25-19-5-3-2-4-17(16)19/h2-5,15-16,18H,6-14H2,1H3/t15-,16-,18-/m1/s1. The summed E-state index contributed by atoms with van der Waals surface area (Å²) in [7, 11) is 0. The van der Waals surface area contributed by atoms with Crippen LogP contribution in [0.4, 0.5) is 0 Å². The van der Waals surface area contributed by atoms with E-state index in [2.05, 4.69) is 22.8 Å². The fourth-order valence-electron chi connectivity index (χ4n) is 4.51. The summed E-state index contributed by atoms with van der Waals surface area (Å²) in [6.07, 6.45) is 1.53. The SMILES string of the molecule is C[C@@H]1CN(C(=O)C[C@H]2CCOc3ccccc32)C[C@H]1N1CCOCC1. The number of morpholine rings is 1. The zero-order chi connectivity index (χ0) is 17.2. The third kappa shape index (κ3) is 3.53. The first-order valence-corrected chi connectivity index (χ1v) is 9.53. The molecule has 1 amide bonds. The van der Waals surface area contributed by atoms with Gasteiger partial charge in [-0.3, -0.25) is 9.69 Å². The average molecular weight is 344 g/mol. The summed E-state index contributed by atoms with van der Waals surface area (Å²) >= 11 is 0. The average Bonchev–Trinajstić information content (AvgIpc) is 3.05. The minimum Gasteiger partial charge on any atom is -0.493 e. The van der Waals surface area contributed by atoms with Crippen LogP contribution in [0, 0.1) is 5.92 Å². The van der Waals surface area contributed by atoms with E-state index in [1.54, 1.807) is 0 Å². The summed E-state index contributed by atoms with van der Waals surface area (Å²) in [5.74, 6) is 2.07. The molecule has 2 saturated heterocycles. The number of para-hydroxylation sites is 1. The number of benzene rings is 1. The maximum absolute atomic E-state index is 12.9. The van der Waals surface area contributed by atoms with Crippen LogP contribution < -0.4 is 4.74 Å². The van der Waals surface area contributed by atoms with Gasteiger partial charge < -0.3 is 14.4 Å². The van der Waals surface area contributed by atoms with E-state index in [9.17, 15) is 4.79 Å². The van der Waals surface area contributed by atoms with Crippen LogP contribution in [0.5, 0.6) is 5.75 Å². The largest absolute Gasteiger partial charge is 0.493 e. The van der Waals surface area contributed by atoms with Crippen molar-refractivity contribution in [2.75, 3.05) is 46.0 Å². The molecule has 3 aliphatic heterocycles. The Kier molecular flexibility index (Phi) is 4.95. The number of carbonyl (C=O) groups is 1. The summed E-state index contributed by atoms with van der Waals surface area (Å²) in [5, 5.41) is 0. The molecule has 0 radical (unpaired) electrons. The number of fused-ring (bicyclic) bond motifs is 1. The smallest absolute Gasteiger partial charge is 0.223 e. The van der Waals surface area contributed by atoms with E-state index < -0.39 is 0 Å². The Labute approximate surface area is 149 Å². The number of amides is 1. The van der Waals surface area contributed by atoms with E-state index in [0.717, 1.165) is 51.6 Å². The second-order valence-electron chi connectivity index (χ2n) is 7.57. The lowest BCUT2D eigenvalue weighted by atomic mass is 9.90. The maximum Gasteiger partial charge on any atom is 0.223 e. The number of ether oxygens (including phenoxy) is 2. The Morgan fingerprint density at radius 3 is 2.80 bits per heavy atom. The zero-order valence-electron chi connectivity index (χ0n) is 15.0. The molecule has 3 aliphatic rings. The topological polar surface area (TPSA) is 42.0 Å². The third-order valence-electron chi connectivity index (χ3n) is 5.94. The molecule has 3 heterocycles. The molecule has 0 unspecified atom stereocenters. The number of rotatable bonds is 3. The van der Waals surface area contributed by atoms with Gasteiger partial charge in [-0.1, -0.05) is 25.1 Å². The van der Waals surface area contributed by atoms with Gasteiger partial charge in [0.05, 0.1) is 19.8 Å². The van der Waals surface area contributed by atoms with Gasteiger partial charge in [0.2, 0.25) is 5.91 Å². The molecule has 5 heteroatoms. The van der Waals surface area contributed by atoms with Crippen LogP contribution in [0.1, 0.15) is 31.2 Å². The Balaban J connectivity index is 1.39. The van der Waals surface area contributed by atoms with Crippen molar-refractivity contribution in [3.05, 3.63) is 29.8 Å². The second-order valence-corrected chi connectivity index (χ2v) is 7.57. The Morgan fingerprint density at radius 2 is 1.96 bits per heavy atom. The first-order chi connectivity index (χ1) is 12.2. The molecule has 0 aromatic heterocycles. The summed E-state index contributed by atoms with van der Waals surface area (Å²) in [5.41, 5.74) is 1.19. The van der Waals surface area contributed by atoms with Crippen molar-refractivity contribution in [3.8, 4) is 5.75 Å². The monoisotopic (exact) mass is 344 g/mol. The van der Waals surface area contributed by atoms with Crippen molar-refractivity contribution in [3.63, 3.8) is 0 Å². The third-order valence-corrected chi connectivity index (χ3v) is 5.94. The molecule has 0 N–H and O–H groups in total. The van der Waals surface area contributed by atoms with Crippen LogP contribution in [0.25, 0.3) is 0 Å². The van der Waals surface area contributed by atoms with Gasteiger partial charge in [-0.25, -0.2) is 0 Å². The van der Waals surface area contributed by atoms with E-state index >= 15 is 0 Å². The zero-order valence-corrected chi connectivity index (χ0v) is 15.0. The van der Waals surface area contributed by atoms with Gasteiger partial charge in [0, 0.05) is 38.6 Å². The van der Waals surface area contributed by atoms with Crippen molar-refractivity contribution < 1.29 is 14.3 Å². The predicted molar refractivity (Wildman–Crippen MR) is 95.8 cm³/mol. The van der Waals surface area contributed by atoms with Crippen molar-refractivity contribution in [2.45, 2.75) is 31.7 Å². The molecule has 0 bridgehead atoms. The highest BCUT2D eigenvalue weighted by molar-refractivity contribution is 5.77. The summed E-state index contributed by atoms with van der Waals surface area (Å²) in [4.78, 5) is 17.5. The van der Waals surface area contributed by atoms with Gasteiger partial charge in [-0.15, -0.1) is 0 Å². The molecule has 1 aromatic rings. The number of nitrogens with zero attached hydrogens (tertiary/aromatic N) is 2. The van der Waals surface area contributed by atoms with Crippen molar-refractivity contribution >= 4 is 5.91 Å². The number of hydrogen-bond acceptors (Lipinski definition) is 4. The first-order valence-electron chi connectivity index (χ1n) is 9.53. The molecule has 1 aromatic carbocycles. The summed E-state index contributed by atoms with van der Waals surface area (Å²) in [6, 6.07) is 8.64. The molecule has 0 spiro atoms. The highest BCUT2D eigenvalue weighted by Gasteiger charge is 2.37. The van der Waals surface area contributed by atoms with Crippen LogP contribution in [0.2, 0.25) is 0 Å². The normalized spacial score (nSPS) is 30.0. The summed E-state index contributed by atoms with van der Waals surface area (Å²) in [6.45, 7) is 8.34. The van der Waals surface area contributed by atoms with Gasteiger partial charge in [0.25, 0.3) is 0 Å². The van der Waals surface area contributed by atoms with Crippen LogP contribution in [0.3, 0.4) is 0 Å². The fourth-order valence-corrected chi connectivity index (χ4v) is 4.51. The highest BCUT2D eigenvalue weighted by Crippen LogP contribution is 2.36. The lowest BCUT2D eigenvalue weighted by Gasteiger charge is -2.34. The van der Waals surface area contributed by atoms with Crippen LogP contribution in [-0.4, -0.2) is 67.7 Å². The summed E-state index contributed by atoms with van der Waals surface area (Å²) < 4.78 is 11.2. The lowest BCUT2D eigenvalue weighted by Crippen LogP contribution is -2.47. The molecular weight excluding hydrogens is 316 g/mol. The van der Waals surface area contributed by atoms with E-state index in [4.69, 9.17) is 9.47 Å². The molecule has 4 rings (SSSR count). The van der Waals surface area contributed by atoms with E-state index in [0.29, 0.717) is 30.9 Å². The lowest BCUT2D eigenvalue weighted by molar-refractivity contribution is -0.131. The van der Waals surface area contributed by atoms with Gasteiger partial charge in [0.1, 0.15) is 5.75 Å². The number of carbonyl (C=O) groups excluding carboxylic acids is 1. The van der Waals surface area contributed by atoms with Crippen LogP contribution in [0.15, 0.2) is 24.3 Å². The Hall–Kier alpha value is -1.59. The molecular formula is C20H28N2O3. The van der Waals surface area contributed by atoms with Gasteiger partial charge in [-0.05, 0) is 29.9 Å². The van der Waals surface area contributed by atoms with Crippen molar-refractivity contribution in [1.29, 1.82) is 0 Å². The van der Waals surface area contributed by atoms with E-state index in [1.807, 2.05) is 18.2 Å². The minimum absolute atomic E-state index is 0.287. The van der Waals surface area contributed by atoms with Crippen molar-refractivity contribution in [2.24, 2.45) is 5.92 Å². The van der Waals surface area contributed by atoms with Crippen molar-refractivity contribution in [1.82, 2.24) is 9.80 Å². The molecule has 0 saturated carbocycles. The van der Waals surface area contributed by atoms with Gasteiger partial charge >= 0.3 is 0 Å². The van der Waals surface area contributed by atoms with E-state index in [1.165, 1.54) is 5.56 Å². The number of likely N-dealkylation sites (tertiary alicyclic amines) is 1.